The molecule has 0 saturated heterocycles. The molecule has 1 aliphatic rings. The number of ether oxygens (including phenoxy) is 3. The van der Waals surface area contributed by atoms with Gasteiger partial charge in [0.2, 0.25) is 0 Å². The van der Waals surface area contributed by atoms with Crippen LogP contribution in [-0.4, -0.2) is 27.1 Å². The Hall–Kier alpha value is -2.96. The molecule has 3 rings (SSSR count). The molecule has 7 heteroatoms. The Labute approximate surface area is 154 Å². The maximum atomic E-state index is 13.2. The number of ketones is 1. The zero-order chi connectivity index (χ0) is 19.8. The van der Waals surface area contributed by atoms with Crippen LogP contribution in [0.1, 0.15) is 27.0 Å². The third kappa shape index (κ3) is 3.49. The smallest absolute Gasteiger partial charge is 0.419 e. The van der Waals surface area contributed by atoms with E-state index in [1.807, 2.05) is 0 Å². The van der Waals surface area contributed by atoms with E-state index in [0.717, 1.165) is 11.6 Å². The van der Waals surface area contributed by atoms with Crippen LogP contribution in [0, 0.1) is 0 Å². The van der Waals surface area contributed by atoms with Gasteiger partial charge in [0.25, 0.3) is 0 Å². The summed E-state index contributed by atoms with van der Waals surface area (Å²) in [6.45, 7) is 0. The van der Waals surface area contributed by atoms with Crippen LogP contribution in [0.4, 0.5) is 13.2 Å². The van der Waals surface area contributed by atoms with Gasteiger partial charge in [0.05, 0.1) is 26.9 Å². The number of benzene rings is 2. The van der Waals surface area contributed by atoms with Crippen LogP contribution in [0.15, 0.2) is 35.9 Å². The summed E-state index contributed by atoms with van der Waals surface area (Å²) in [5, 5.41) is 0. The number of carbonyl (C=O) groups excluding carboxylic acids is 1. The van der Waals surface area contributed by atoms with Crippen molar-refractivity contribution in [2.24, 2.45) is 0 Å². The summed E-state index contributed by atoms with van der Waals surface area (Å²) in [5.74, 6) is 0.416. The summed E-state index contributed by atoms with van der Waals surface area (Å²) >= 11 is 0. The van der Waals surface area contributed by atoms with Crippen molar-refractivity contribution in [3.05, 3.63) is 58.2 Å². The maximum Gasteiger partial charge on any atom is 0.419 e. The number of hydrogen-bond donors (Lipinski definition) is 0. The van der Waals surface area contributed by atoms with Crippen molar-refractivity contribution in [3.63, 3.8) is 0 Å². The first-order chi connectivity index (χ1) is 12.8. The number of allylic oxidation sites excluding steroid dienone is 1. The molecule has 0 aromatic heterocycles. The van der Waals surface area contributed by atoms with Crippen molar-refractivity contribution in [2.75, 3.05) is 21.3 Å². The Kier molecular flexibility index (Phi) is 4.87. The molecular weight excluding hydrogens is 361 g/mol. The Morgan fingerprint density at radius 3 is 2.15 bits per heavy atom. The van der Waals surface area contributed by atoms with Crippen LogP contribution in [0.5, 0.6) is 17.2 Å². The zero-order valence-electron chi connectivity index (χ0n) is 14.9. The van der Waals surface area contributed by atoms with E-state index in [4.69, 9.17) is 14.2 Å². The van der Waals surface area contributed by atoms with E-state index in [0.29, 0.717) is 29.1 Å². The summed E-state index contributed by atoms with van der Waals surface area (Å²) in [5.41, 5.74) is 0.999. The predicted molar refractivity (Wildman–Crippen MR) is 93.6 cm³/mol. The largest absolute Gasteiger partial charge is 0.496 e. The SMILES string of the molecule is COc1cc2c(cc1OC)C(=O)/C(=C/c1ccc(OC)c(C(F)(F)F)c1)C2. The summed E-state index contributed by atoms with van der Waals surface area (Å²) in [7, 11) is 4.14. The van der Waals surface area contributed by atoms with Gasteiger partial charge in [0, 0.05) is 17.6 Å². The minimum absolute atomic E-state index is 0.240. The average Bonchev–Trinajstić information content (AvgIpc) is 2.94. The first kappa shape index (κ1) is 18.8. The molecule has 0 heterocycles. The van der Waals surface area contributed by atoms with Crippen LogP contribution in [0.25, 0.3) is 6.08 Å². The first-order valence-electron chi connectivity index (χ1n) is 8.04. The van der Waals surface area contributed by atoms with E-state index in [2.05, 4.69) is 0 Å². The number of halogens is 3. The van der Waals surface area contributed by atoms with Crippen molar-refractivity contribution in [2.45, 2.75) is 12.6 Å². The number of Topliss-reactive ketones (excluding diaryl/α,β-unsaturated/α-hetero) is 1. The normalized spacial score (nSPS) is 15.0. The quantitative estimate of drug-likeness (QED) is 0.732. The van der Waals surface area contributed by atoms with Gasteiger partial charge < -0.3 is 14.2 Å². The summed E-state index contributed by atoms with van der Waals surface area (Å²) in [4.78, 5) is 12.7. The van der Waals surface area contributed by atoms with Gasteiger partial charge in [-0.15, -0.1) is 0 Å². The number of methoxy groups -OCH3 is 3. The number of alkyl halides is 3. The van der Waals surface area contributed by atoms with E-state index in [9.17, 15) is 18.0 Å². The third-order valence-electron chi connectivity index (χ3n) is 4.40. The molecule has 2 aromatic carbocycles. The highest BCUT2D eigenvalue weighted by atomic mass is 19.4. The van der Waals surface area contributed by atoms with E-state index >= 15 is 0 Å². The second-order valence-corrected chi connectivity index (χ2v) is 6.00. The van der Waals surface area contributed by atoms with Crippen LogP contribution in [-0.2, 0) is 12.6 Å². The van der Waals surface area contributed by atoms with Gasteiger partial charge in [-0.25, -0.2) is 0 Å². The fourth-order valence-corrected chi connectivity index (χ4v) is 3.09. The van der Waals surface area contributed by atoms with E-state index in [-0.39, 0.29) is 17.1 Å². The van der Waals surface area contributed by atoms with Crippen molar-refractivity contribution in [1.82, 2.24) is 0 Å². The summed E-state index contributed by atoms with van der Waals surface area (Å²) in [6, 6.07) is 7.00. The molecule has 0 saturated carbocycles. The molecule has 4 nitrogen and oxygen atoms in total. The highest BCUT2D eigenvalue weighted by Crippen LogP contribution is 2.39. The lowest BCUT2D eigenvalue weighted by Gasteiger charge is -2.12. The zero-order valence-corrected chi connectivity index (χ0v) is 14.9. The molecule has 0 amide bonds. The maximum absolute atomic E-state index is 13.2. The van der Waals surface area contributed by atoms with E-state index in [1.54, 1.807) is 12.1 Å². The van der Waals surface area contributed by atoms with Crippen molar-refractivity contribution in [1.29, 1.82) is 0 Å². The highest BCUT2D eigenvalue weighted by Gasteiger charge is 2.34. The topological polar surface area (TPSA) is 44.8 Å². The lowest BCUT2D eigenvalue weighted by Crippen LogP contribution is -2.07. The molecule has 27 heavy (non-hydrogen) atoms. The van der Waals surface area contributed by atoms with Crippen molar-refractivity contribution >= 4 is 11.9 Å². The van der Waals surface area contributed by atoms with Gasteiger partial charge in [-0.1, -0.05) is 6.07 Å². The fraction of sp³-hybridized carbons (Fsp3) is 0.250. The van der Waals surface area contributed by atoms with E-state index < -0.39 is 11.7 Å². The number of fused-ring (bicyclic) bond motifs is 1. The molecule has 0 bridgehead atoms. The molecule has 142 valence electrons. The van der Waals surface area contributed by atoms with Gasteiger partial charge in [0.15, 0.2) is 17.3 Å². The van der Waals surface area contributed by atoms with Crippen LogP contribution in [0.3, 0.4) is 0 Å². The molecule has 2 aromatic rings. The Bertz CT molecular complexity index is 930. The minimum atomic E-state index is -4.55. The first-order valence-corrected chi connectivity index (χ1v) is 8.04. The second kappa shape index (κ2) is 6.98. The number of carbonyl (C=O) groups is 1. The predicted octanol–water partition coefficient (Wildman–Crippen LogP) is 4.55. The fourth-order valence-electron chi connectivity index (χ4n) is 3.09. The molecule has 0 fully saturated rings. The van der Waals surface area contributed by atoms with Crippen LogP contribution < -0.4 is 14.2 Å². The van der Waals surface area contributed by atoms with E-state index in [1.165, 1.54) is 39.5 Å². The lowest BCUT2D eigenvalue weighted by atomic mass is 10.0. The van der Waals surface area contributed by atoms with Crippen LogP contribution >= 0.6 is 0 Å². The third-order valence-corrected chi connectivity index (χ3v) is 4.40. The Morgan fingerprint density at radius 2 is 1.56 bits per heavy atom. The molecule has 0 unspecified atom stereocenters. The summed E-state index contributed by atoms with van der Waals surface area (Å²) < 4.78 is 54.8. The standard InChI is InChI=1S/C20H17F3O4/c1-25-16-5-4-11(7-15(16)20(21,22)23)6-13-8-12-9-17(26-2)18(27-3)10-14(12)19(13)24/h4-7,9-10H,8H2,1-3H3/b13-6+. The van der Waals surface area contributed by atoms with Crippen LogP contribution in [0.2, 0.25) is 0 Å². The monoisotopic (exact) mass is 378 g/mol. The molecule has 0 spiro atoms. The molecule has 0 radical (unpaired) electrons. The summed E-state index contributed by atoms with van der Waals surface area (Å²) in [6.07, 6.45) is -2.78. The Balaban J connectivity index is 2.01. The highest BCUT2D eigenvalue weighted by molar-refractivity contribution is 6.16. The second-order valence-electron chi connectivity index (χ2n) is 6.00. The van der Waals surface area contributed by atoms with Gasteiger partial charge >= 0.3 is 6.18 Å². The molecule has 0 atom stereocenters. The van der Waals surface area contributed by atoms with Gasteiger partial charge in [-0.05, 0) is 41.5 Å². The minimum Gasteiger partial charge on any atom is -0.496 e. The lowest BCUT2D eigenvalue weighted by molar-refractivity contribution is -0.138. The van der Waals surface area contributed by atoms with Gasteiger partial charge in [-0.3, -0.25) is 4.79 Å². The van der Waals surface area contributed by atoms with Gasteiger partial charge in [0.1, 0.15) is 5.75 Å². The molecule has 0 N–H and O–H groups in total. The van der Waals surface area contributed by atoms with Crippen molar-refractivity contribution < 1.29 is 32.2 Å². The Morgan fingerprint density at radius 1 is 0.926 bits per heavy atom. The molecular formula is C20H17F3O4. The average molecular weight is 378 g/mol. The number of hydrogen-bond acceptors (Lipinski definition) is 4. The van der Waals surface area contributed by atoms with Gasteiger partial charge in [-0.2, -0.15) is 13.2 Å². The number of rotatable bonds is 4. The van der Waals surface area contributed by atoms with Crippen molar-refractivity contribution in [3.8, 4) is 17.2 Å². The molecule has 0 aliphatic heterocycles. The molecule has 1 aliphatic carbocycles.